The molecule has 21 heavy (non-hydrogen) atoms. The summed E-state index contributed by atoms with van der Waals surface area (Å²) in [5.41, 5.74) is 1.90. The van der Waals surface area contributed by atoms with Gasteiger partial charge in [-0.05, 0) is 24.5 Å². The fourth-order valence-corrected chi connectivity index (χ4v) is 3.54. The monoisotopic (exact) mass is 301 g/mol. The highest BCUT2D eigenvalue weighted by Crippen LogP contribution is 2.29. The molecule has 1 aliphatic rings. The molecular formula is C16H19N3OS. The molecule has 0 bridgehead atoms. The highest BCUT2D eigenvalue weighted by Gasteiger charge is 2.16. The third kappa shape index (κ3) is 3.88. The minimum Gasteiger partial charge on any atom is -0.302 e. The zero-order valence-electron chi connectivity index (χ0n) is 11.9. The van der Waals surface area contributed by atoms with Gasteiger partial charge in [-0.3, -0.25) is 9.78 Å². The van der Waals surface area contributed by atoms with E-state index in [1.165, 1.54) is 37.0 Å². The average molecular weight is 301 g/mol. The number of nitrogens with one attached hydrogen (secondary N) is 1. The first-order valence-electron chi connectivity index (χ1n) is 7.47. The normalized spacial score (nSPS) is 15.2. The lowest BCUT2D eigenvalue weighted by molar-refractivity contribution is -0.116. The van der Waals surface area contributed by atoms with Crippen molar-refractivity contribution in [2.24, 2.45) is 5.92 Å². The third-order valence-corrected chi connectivity index (χ3v) is 4.74. The van der Waals surface area contributed by atoms with Gasteiger partial charge >= 0.3 is 0 Å². The van der Waals surface area contributed by atoms with Crippen molar-refractivity contribution < 1.29 is 4.79 Å². The van der Waals surface area contributed by atoms with Crippen LogP contribution in [0.3, 0.4) is 0 Å². The SMILES string of the molecule is O=C(CCC1CCCC1)Nc1nc(-c2ccncc2)cs1. The van der Waals surface area contributed by atoms with Gasteiger partial charge in [-0.25, -0.2) is 4.98 Å². The summed E-state index contributed by atoms with van der Waals surface area (Å²) in [7, 11) is 0. The molecule has 2 aromatic heterocycles. The van der Waals surface area contributed by atoms with Gasteiger partial charge in [0.05, 0.1) is 5.69 Å². The summed E-state index contributed by atoms with van der Waals surface area (Å²) in [5.74, 6) is 0.831. The summed E-state index contributed by atoms with van der Waals surface area (Å²) >= 11 is 1.47. The molecule has 110 valence electrons. The maximum Gasteiger partial charge on any atom is 0.226 e. The lowest BCUT2D eigenvalue weighted by Gasteiger charge is -2.07. The lowest BCUT2D eigenvalue weighted by atomic mass is 10.0. The molecule has 2 heterocycles. The molecule has 1 aliphatic carbocycles. The number of carbonyl (C=O) groups excluding carboxylic acids is 1. The van der Waals surface area contributed by atoms with Gasteiger partial charge in [0.25, 0.3) is 0 Å². The molecule has 3 rings (SSSR count). The number of aromatic nitrogens is 2. The van der Waals surface area contributed by atoms with E-state index in [4.69, 9.17) is 0 Å². The van der Waals surface area contributed by atoms with Crippen LogP contribution >= 0.6 is 11.3 Å². The number of amides is 1. The van der Waals surface area contributed by atoms with E-state index < -0.39 is 0 Å². The number of pyridine rings is 1. The molecule has 1 fully saturated rings. The number of rotatable bonds is 5. The number of carbonyl (C=O) groups is 1. The molecule has 0 atom stereocenters. The second-order valence-corrected chi connectivity index (χ2v) is 6.37. The van der Waals surface area contributed by atoms with Gasteiger partial charge in [-0.1, -0.05) is 25.7 Å². The molecule has 1 amide bonds. The van der Waals surface area contributed by atoms with Crippen LogP contribution in [0.15, 0.2) is 29.9 Å². The van der Waals surface area contributed by atoms with Crippen LogP contribution < -0.4 is 5.32 Å². The number of hydrogen-bond donors (Lipinski definition) is 1. The van der Waals surface area contributed by atoms with Crippen molar-refractivity contribution in [1.29, 1.82) is 0 Å². The van der Waals surface area contributed by atoms with E-state index in [0.717, 1.165) is 23.6 Å². The van der Waals surface area contributed by atoms with Crippen LogP contribution in [0.25, 0.3) is 11.3 Å². The number of nitrogens with zero attached hydrogens (tertiary/aromatic N) is 2. The van der Waals surface area contributed by atoms with Gasteiger partial charge < -0.3 is 5.32 Å². The maximum atomic E-state index is 12.0. The number of anilines is 1. The van der Waals surface area contributed by atoms with Gasteiger partial charge in [0, 0.05) is 29.8 Å². The molecule has 4 nitrogen and oxygen atoms in total. The van der Waals surface area contributed by atoms with E-state index in [-0.39, 0.29) is 5.91 Å². The Bertz CT molecular complexity index is 591. The zero-order chi connectivity index (χ0) is 14.5. The van der Waals surface area contributed by atoms with Crippen LogP contribution in [0, 0.1) is 5.92 Å². The minimum atomic E-state index is 0.0810. The van der Waals surface area contributed by atoms with E-state index in [1.807, 2.05) is 17.5 Å². The summed E-state index contributed by atoms with van der Waals surface area (Å²) in [4.78, 5) is 20.4. The van der Waals surface area contributed by atoms with Crippen molar-refractivity contribution in [3.05, 3.63) is 29.9 Å². The van der Waals surface area contributed by atoms with Gasteiger partial charge in [-0.15, -0.1) is 11.3 Å². The Kier molecular flexibility index (Phi) is 4.60. The second kappa shape index (κ2) is 6.80. The molecule has 1 N–H and O–H groups in total. The van der Waals surface area contributed by atoms with E-state index in [0.29, 0.717) is 11.6 Å². The summed E-state index contributed by atoms with van der Waals surface area (Å²) < 4.78 is 0. The number of thiazole rings is 1. The predicted molar refractivity (Wildman–Crippen MR) is 85.2 cm³/mol. The first kappa shape index (κ1) is 14.2. The van der Waals surface area contributed by atoms with Crippen molar-refractivity contribution in [2.75, 3.05) is 5.32 Å². The molecule has 0 aromatic carbocycles. The van der Waals surface area contributed by atoms with Crippen molar-refractivity contribution in [1.82, 2.24) is 9.97 Å². The van der Waals surface area contributed by atoms with Crippen LogP contribution in [-0.4, -0.2) is 15.9 Å². The summed E-state index contributed by atoms with van der Waals surface area (Å²) in [6.07, 6.45) is 10.3. The second-order valence-electron chi connectivity index (χ2n) is 5.51. The molecule has 0 spiro atoms. The first-order chi connectivity index (χ1) is 10.3. The molecular weight excluding hydrogens is 282 g/mol. The molecule has 0 aliphatic heterocycles. The molecule has 0 radical (unpaired) electrons. The highest BCUT2D eigenvalue weighted by molar-refractivity contribution is 7.14. The van der Waals surface area contributed by atoms with Crippen molar-refractivity contribution in [3.63, 3.8) is 0 Å². The van der Waals surface area contributed by atoms with Gasteiger partial charge in [0.1, 0.15) is 0 Å². The molecule has 2 aromatic rings. The topological polar surface area (TPSA) is 54.9 Å². The molecule has 5 heteroatoms. The Hall–Kier alpha value is -1.75. The summed E-state index contributed by atoms with van der Waals surface area (Å²) in [5, 5.41) is 5.55. The fourth-order valence-electron chi connectivity index (χ4n) is 2.80. The maximum absolute atomic E-state index is 12.0. The Morgan fingerprint density at radius 1 is 1.29 bits per heavy atom. The first-order valence-corrected chi connectivity index (χ1v) is 8.35. The van der Waals surface area contributed by atoms with Gasteiger partial charge in [0.15, 0.2) is 5.13 Å². The summed E-state index contributed by atoms with van der Waals surface area (Å²) in [6, 6.07) is 3.83. The predicted octanol–water partition coefficient (Wildman–Crippen LogP) is 4.11. The minimum absolute atomic E-state index is 0.0810. The van der Waals surface area contributed by atoms with Gasteiger partial charge in [0.2, 0.25) is 5.91 Å². The van der Waals surface area contributed by atoms with Crippen molar-refractivity contribution >= 4 is 22.4 Å². The average Bonchev–Trinajstić information content (AvgIpc) is 3.17. The molecule has 1 saturated carbocycles. The van der Waals surface area contributed by atoms with E-state index in [2.05, 4.69) is 15.3 Å². The quantitative estimate of drug-likeness (QED) is 0.904. The molecule has 0 saturated heterocycles. The smallest absolute Gasteiger partial charge is 0.226 e. The van der Waals surface area contributed by atoms with Crippen LogP contribution in [0.5, 0.6) is 0 Å². The van der Waals surface area contributed by atoms with E-state index in [1.54, 1.807) is 12.4 Å². The van der Waals surface area contributed by atoms with Crippen LogP contribution in [-0.2, 0) is 4.79 Å². The summed E-state index contributed by atoms with van der Waals surface area (Å²) in [6.45, 7) is 0. The highest BCUT2D eigenvalue weighted by atomic mass is 32.1. The Morgan fingerprint density at radius 3 is 2.81 bits per heavy atom. The third-order valence-electron chi connectivity index (χ3n) is 3.98. The largest absolute Gasteiger partial charge is 0.302 e. The van der Waals surface area contributed by atoms with Crippen molar-refractivity contribution in [2.45, 2.75) is 38.5 Å². The van der Waals surface area contributed by atoms with Crippen LogP contribution in [0.1, 0.15) is 38.5 Å². The Labute approximate surface area is 128 Å². The number of hydrogen-bond acceptors (Lipinski definition) is 4. The van der Waals surface area contributed by atoms with Crippen LogP contribution in [0.2, 0.25) is 0 Å². The van der Waals surface area contributed by atoms with E-state index in [9.17, 15) is 4.79 Å². The fraction of sp³-hybridized carbons (Fsp3) is 0.438. The van der Waals surface area contributed by atoms with Crippen LogP contribution in [0.4, 0.5) is 5.13 Å². The zero-order valence-corrected chi connectivity index (χ0v) is 12.7. The molecule has 0 unspecified atom stereocenters. The Morgan fingerprint density at radius 2 is 2.05 bits per heavy atom. The standard InChI is InChI=1S/C16H19N3OS/c20-15(6-5-12-3-1-2-4-12)19-16-18-14(11-21-16)13-7-9-17-10-8-13/h7-12H,1-6H2,(H,18,19,20). The van der Waals surface area contributed by atoms with E-state index >= 15 is 0 Å². The lowest BCUT2D eigenvalue weighted by Crippen LogP contribution is -2.12. The van der Waals surface area contributed by atoms with Gasteiger partial charge in [-0.2, -0.15) is 0 Å². The Balaban J connectivity index is 1.53. The van der Waals surface area contributed by atoms with Crippen molar-refractivity contribution in [3.8, 4) is 11.3 Å².